The number of rotatable bonds is 17. The summed E-state index contributed by atoms with van der Waals surface area (Å²) in [5.74, 6) is -0.130. The molecule has 0 fully saturated rings. The van der Waals surface area contributed by atoms with Crippen LogP contribution in [0.1, 0.15) is 84.5 Å². The van der Waals surface area contributed by atoms with Crippen molar-refractivity contribution in [1.82, 2.24) is 0 Å². The summed E-state index contributed by atoms with van der Waals surface area (Å²) in [6.45, 7) is 4.22. The van der Waals surface area contributed by atoms with Crippen molar-refractivity contribution in [3.63, 3.8) is 0 Å². The van der Waals surface area contributed by atoms with Crippen molar-refractivity contribution in [3.8, 4) is 0 Å². The van der Waals surface area contributed by atoms with E-state index in [1.807, 2.05) is 0 Å². The van der Waals surface area contributed by atoms with Gasteiger partial charge in [-0.2, -0.15) is 0 Å². The van der Waals surface area contributed by atoms with Crippen LogP contribution in [0, 0.1) is 0 Å². The SMILES string of the molecule is CCCCCCC(O)C(CCCCC)OCC(=O)CCC(N)C(O)O. The van der Waals surface area contributed by atoms with Crippen molar-refractivity contribution in [2.75, 3.05) is 6.61 Å². The number of unbranched alkanes of at least 4 members (excludes halogenated alkanes) is 5. The van der Waals surface area contributed by atoms with E-state index in [1.165, 1.54) is 6.42 Å². The highest BCUT2D eigenvalue weighted by Crippen LogP contribution is 2.16. The summed E-state index contributed by atoms with van der Waals surface area (Å²) in [7, 11) is 0. The van der Waals surface area contributed by atoms with Gasteiger partial charge in [0.05, 0.1) is 18.2 Å². The predicted octanol–water partition coefficient (Wildman–Crippen LogP) is 2.27. The van der Waals surface area contributed by atoms with Crippen molar-refractivity contribution in [2.24, 2.45) is 5.73 Å². The second-order valence-corrected chi connectivity index (χ2v) is 6.92. The monoisotopic (exact) mass is 361 g/mol. The van der Waals surface area contributed by atoms with Crippen LogP contribution in [-0.2, 0) is 9.53 Å². The molecule has 6 nitrogen and oxygen atoms in total. The van der Waals surface area contributed by atoms with Crippen LogP contribution in [0.3, 0.4) is 0 Å². The van der Waals surface area contributed by atoms with Crippen LogP contribution in [0.25, 0.3) is 0 Å². The summed E-state index contributed by atoms with van der Waals surface area (Å²) in [5, 5.41) is 28.2. The van der Waals surface area contributed by atoms with E-state index in [1.54, 1.807) is 0 Å². The standard InChI is InChI=1S/C19H39NO5/c1-3-5-7-9-10-17(22)18(11-8-6-4-2)25-14-15(21)12-13-16(20)19(23)24/h16-19,22-24H,3-14,20H2,1-2H3. The van der Waals surface area contributed by atoms with E-state index in [0.717, 1.165) is 44.9 Å². The molecule has 0 aromatic heterocycles. The maximum atomic E-state index is 11.9. The molecule has 0 aromatic rings. The molecule has 3 atom stereocenters. The fourth-order valence-corrected chi connectivity index (χ4v) is 2.70. The van der Waals surface area contributed by atoms with E-state index in [4.69, 9.17) is 20.7 Å². The first-order chi connectivity index (χ1) is 11.9. The summed E-state index contributed by atoms with van der Waals surface area (Å²) in [6, 6.07) is -0.826. The molecular formula is C19H39NO5. The number of carbonyl (C=O) groups excluding carboxylic acids is 1. The van der Waals surface area contributed by atoms with Gasteiger partial charge in [0, 0.05) is 6.42 Å². The highest BCUT2D eigenvalue weighted by molar-refractivity contribution is 5.79. The number of nitrogens with two attached hydrogens (primary N) is 1. The molecule has 3 unspecified atom stereocenters. The zero-order valence-electron chi connectivity index (χ0n) is 16.0. The summed E-state index contributed by atoms with van der Waals surface area (Å²) < 4.78 is 5.70. The molecular weight excluding hydrogens is 322 g/mol. The summed E-state index contributed by atoms with van der Waals surface area (Å²) >= 11 is 0. The van der Waals surface area contributed by atoms with Crippen LogP contribution >= 0.6 is 0 Å². The zero-order valence-corrected chi connectivity index (χ0v) is 16.0. The Hall–Kier alpha value is -0.530. The Bertz CT molecular complexity index is 325. The quantitative estimate of drug-likeness (QED) is 0.233. The van der Waals surface area contributed by atoms with Gasteiger partial charge >= 0.3 is 0 Å². The van der Waals surface area contributed by atoms with E-state index in [2.05, 4.69) is 13.8 Å². The van der Waals surface area contributed by atoms with Gasteiger partial charge < -0.3 is 25.8 Å². The Balaban J connectivity index is 4.25. The number of carbonyl (C=O) groups is 1. The van der Waals surface area contributed by atoms with Gasteiger partial charge in [-0.05, 0) is 19.3 Å². The molecule has 0 heterocycles. The van der Waals surface area contributed by atoms with Crippen LogP contribution in [-0.4, -0.2) is 52.2 Å². The highest BCUT2D eigenvalue weighted by Gasteiger charge is 2.21. The first kappa shape index (κ1) is 24.5. The topological polar surface area (TPSA) is 113 Å². The van der Waals surface area contributed by atoms with Gasteiger partial charge in [-0.3, -0.25) is 4.79 Å². The Morgan fingerprint density at radius 1 is 0.920 bits per heavy atom. The molecule has 0 amide bonds. The molecule has 0 aliphatic rings. The number of aliphatic hydroxyl groups is 3. The lowest BCUT2D eigenvalue weighted by molar-refractivity contribution is -0.129. The molecule has 5 N–H and O–H groups in total. The predicted molar refractivity (Wildman–Crippen MR) is 99.1 cm³/mol. The van der Waals surface area contributed by atoms with Crippen LogP contribution in [0.2, 0.25) is 0 Å². The lowest BCUT2D eigenvalue weighted by Crippen LogP contribution is -2.35. The lowest BCUT2D eigenvalue weighted by Gasteiger charge is -2.23. The minimum Gasteiger partial charge on any atom is -0.390 e. The smallest absolute Gasteiger partial charge is 0.166 e. The fourth-order valence-electron chi connectivity index (χ4n) is 2.70. The molecule has 0 rings (SSSR count). The minimum atomic E-state index is -1.61. The van der Waals surface area contributed by atoms with Crippen LogP contribution < -0.4 is 5.73 Å². The summed E-state index contributed by atoms with van der Waals surface area (Å²) in [6.07, 6.45) is 6.91. The molecule has 6 heteroatoms. The van der Waals surface area contributed by atoms with Crippen molar-refractivity contribution >= 4 is 5.78 Å². The highest BCUT2D eigenvalue weighted by atomic mass is 16.5. The normalized spacial score (nSPS) is 15.3. The van der Waals surface area contributed by atoms with Crippen LogP contribution in [0.5, 0.6) is 0 Å². The van der Waals surface area contributed by atoms with E-state index >= 15 is 0 Å². The second-order valence-electron chi connectivity index (χ2n) is 6.92. The maximum Gasteiger partial charge on any atom is 0.166 e. The third-order valence-corrected chi connectivity index (χ3v) is 4.47. The number of hydrogen-bond acceptors (Lipinski definition) is 6. The van der Waals surface area contributed by atoms with Gasteiger partial charge in [-0.25, -0.2) is 0 Å². The summed E-state index contributed by atoms with van der Waals surface area (Å²) in [4.78, 5) is 11.9. The molecule has 0 radical (unpaired) electrons. The maximum absolute atomic E-state index is 11.9. The van der Waals surface area contributed by atoms with Crippen molar-refractivity contribution < 1.29 is 24.9 Å². The van der Waals surface area contributed by atoms with Crippen molar-refractivity contribution in [2.45, 2.75) is 109 Å². The van der Waals surface area contributed by atoms with Crippen molar-refractivity contribution in [1.29, 1.82) is 0 Å². The Labute approximate surface area is 152 Å². The van der Waals surface area contributed by atoms with Crippen LogP contribution in [0.15, 0.2) is 0 Å². The largest absolute Gasteiger partial charge is 0.390 e. The van der Waals surface area contributed by atoms with Gasteiger partial charge in [0.25, 0.3) is 0 Å². The molecule has 0 saturated carbocycles. The van der Waals surface area contributed by atoms with Gasteiger partial charge in [0.1, 0.15) is 6.61 Å². The Morgan fingerprint density at radius 3 is 2.12 bits per heavy atom. The molecule has 25 heavy (non-hydrogen) atoms. The number of hydrogen-bond donors (Lipinski definition) is 4. The second kappa shape index (κ2) is 15.7. The van der Waals surface area contributed by atoms with E-state index in [-0.39, 0.29) is 31.3 Å². The molecule has 0 spiro atoms. The average Bonchev–Trinajstić information content (AvgIpc) is 2.59. The third kappa shape index (κ3) is 13.3. The van der Waals surface area contributed by atoms with E-state index in [0.29, 0.717) is 6.42 Å². The molecule has 150 valence electrons. The number of ether oxygens (including phenoxy) is 1. The average molecular weight is 362 g/mol. The lowest BCUT2D eigenvalue weighted by atomic mass is 10.0. The molecule has 0 saturated heterocycles. The van der Waals surface area contributed by atoms with E-state index in [9.17, 15) is 9.90 Å². The molecule has 0 aliphatic heterocycles. The minimum absolute atomic E-state index is 0.0585. The van der Waals surface area contributed by atoms with Gasteiger partial charge in [-0.15, -0.1) is 0 Å². The van der Waals surface area contributed by atoms with E-state index < -0.39 is 18.4 Å². The molecule has 0 aliphatic carbocycles. The van der Waals surface area contributed by atoms with Crippen LogP contribution in [0.4, 0.5) is 0 Å². The first-order valence-electron chi connectivity index (χ1n) is 9.85. The number of ketones is 1. The molecule has 0 bridgehead atoms. The zero-order chi connectivity index (χ0) is 19.1. The number of aliphatic hydroxyl groups excluding tert-OH is 2. The van der Waals surface area contributed by atoms with Gasteiger partial charge in [0.15, 0.2) is 12.1 Å². The third-order valence-electron chi connectivity index (χ3n) is 4.47. The van der Waals surface area contributed by atoms with Crippen molar-refractivity contribution in [3.05, 3.63) is 0 Å². The fraction of sp³-hybridized carbons (Fsp3) is 0.947. The Kier molecular flexibility index (Phi) is 15.4. The summed E-state index contributed by atoms with van der Waals surface area (Å²) in [5.41, 5.74) is 5.50. The van der Waals surface area contributed by atoms with Gasteiger partial charge in [-0.1, -0.05) is 58.8 Å². The first-order valence-corrected chi connectivity index (χ1v) is 9.85. The molecule has 0 aromatic carbocycles. The number of Topliss-reactive ketones (excluding diaryl/α,β-unsaturated/α-hetero) is 1. The Morgan fingerprint density at radius 2 is 1.52 bits per heavy atom. The van der Waals surface area contributed by atoms with Gasteiger partial charge in [0.2, 0.25) is 0 Å².